The zero-order valence-electron chi connectivity index (χ0n) is 8.47. The molecule has 2 aromatic rings. The van der Waals surface area contributed by atoms with Crippen molar-refractivity contribution in [3.8, 4) is 0 Å². The molecule has 0 aliphatic rings. The van der Waals surface area contributed by atoms with Crippen molar-refractivity contribution < 1.29 is 18.6 Å². The molecule has 0 aromatic carbocycles. The highest BCUT2D eigenvalue weighted by atomic mass is 16.6. The fourth-order valence-corrected chi connectivity index (χ4v) is 1.18. The molecule has 0 fully saturated rings. The maximum atomic E-state index is 11.1. The number of aromatic nitrogens is 2. The topological polar surface area (TPSA) is 104 Å². The molecule has 2 aromatic heterocycles. The Bertz CT molecular complexity index is 502. The van der Waals surface area contributed by atoms with E-state index in [0.717, 1.165) is 0 Å². The summed E-state index contributed by atoms with van der Waals surface area (Å²) < 4.78 is 14.2. The third-order valence-electron chi connectivity index (χ3n) is 1.98. The standard InChI is InChI=1S/C9H9N3O4/c1-14-9(13)7-3-2-5(15-7)4-6-8(10)12-16-11-6/h2-3H,4H2,1H3,(H2,10,12). The molecule has 0 amide bonds. The minimum Gasteiger partial charge on any atom is -0.463 e. The molecule has 2 heterocycles. The molecule has 2 rings (SSSR count). The van der Waals surface area contributed by atoms with Gasteiger partial charge in [0.25, 0.3) is 0 Å². The minimum absolute atomic E-state index is 0.132. The Balaban J connectivity index is 2.14. The summed E-state index contributed by atoms with van der Waals surface area (Å²) in [5.41, 5.74) is 5.94. The highest BCUT2D eigenvalue weighted by molar-refractivity contribution is 5.86. The van der Waals surface area contributed by atoms with E-state index < -0.39 is 5.97 Å². The van der Waals surface area contributed by atoms with Gasteiger partial charge in [-0.25, -0.2) is 9.42 Å². The quantitative estimate of drug-likeness (QED) is 0.760. The average Bonchev–Trinajstić information content (AvgIpc) is 2.89. The molecule has 0 atom stereocenters. The number of rotatable bonds is 3. The lowest BCUT2D eigenvalue weighted by Crippen LogP contribution is -1.98. The molecule has 84 valence electrons. The molecule has 0 radical (unpaired) electrons. The van der Waals surface area contributed by atoms with Gasteiger partial charge in [-0.3, -0.25) is 0 Å². The predicted octanol–water partition coefficient (Wildman–Crippen LogP) is 0.622. The van der Waals surface area contributed by atoms with Gasteiger partial charge in [0.1, 0.15) is 11.5 Å². The molecule has 0 spiro atoms. The first kappa shape index (κ1) is 10.2. The van der Waals surface area contributed by atoms with Crippen LogP contribution in [0.3, 0.4) is 0 Å². The number of nitrogens with zero attached hydrogens (tertiary/aromatic N) is 2. The number of furan rings is 1. The number of methoxy groups -OCH3 is 1. The van der Waals surface area contributed by atoms with E-state index >= 15 is 0 Å². The van der Waals surface area contributed by atoms with Gasteiger partial charge in [-0.1, -0.05) is 5.16 Å². The zero-order chi connectivity index (χ0) is 11.5. The Morgan fingerprint density at radius 2 is 2.31 bits per heavy atom. The second-order valence-electron chi connectivity index (χ2n) is 3.03. The molecule has 0 saturated carbocycles. The zero-order valence-corrected chi connectivity index (χ0v) is 8.47. The van der Waals surface area contributed by atoms with Crippen LogP contribution in [0.4, 0.5) is 5.82 Å². The van der Waals surface area contributed by atoms with E-state index in [2.05, 4.69) is 19.7 Å². The number of esters is 1. The van der Waals surface area contributed by atoms with E-state index in [0.29, 0.717) is 17.9 Å². The fourth-order valence-electron chi connectivity index (χ4n) is 1.18. The van der Waals surface area contributed by atoms with Crippen LogP contribution in [0.15, 0.2) is 21.2 Å². The van der Waals surface area contributed by atoms with Gasteiger partial charge < -0.3 is 14.9 Å². The maximum absolute atomic E-state index is 11.1. The highest BCUT2D eigenvalue weighted by Gasteiger charge is 2.14. The van der Waals surface area contributed by atoms with Crippen LogP contribution in [0.2, 0.25) is 0 Å². The molecular weight excluding hydrogens is 214 g/mol. The molecule has 0 bridgehead atoms. The van der Waals surface area contributed by atoms with Crippen molar-refractivity contribution in [1.29, 1.82) is 0 Å². The number of carbonyl (C=O) groups is 1. The molecule has 16 heavy (non-hydrogen) atoms. The first-order valence-electron chi connectivity index (χ1n) is 4.44. The van der Waals surface area contributed by atoms with Gasteiger partial charge in [0.2, 0.25) is 5.76 Å². The van der Waals surface area contributed by atoms with Crippen molar-refractivity contribution in [3.05, 3.63) is 29.3 Å². The van der Waals surface area contributed by atoms with Gasteiger partial charge in [0.05, 0.1) is 13.5 Å². The van der Waals surface area contributed by atoms with Crippen LogP contribution in [-0.4, -0.2) is 23.4 Å². The van der Waals surface area contributed by atoms with E-state index in [9.17, 15) is 4.79 Å². The van der Waals surface area contributed by atoms with Gasteiger partial charge in [0, 0.05) is 0 Å². The third kappa shape index (κ3) is 1.88. The number of ether oxygens (including phenoxy) is 1. The Morgan fingerprint density at radius 1 is 1.50 bits per heavy atom. The van der Waals surface area contributed by atoms with Crippen molar-refractivity contribution >= 4 is 11.8 Å². The molecule has 7 heteroatoms. The summed E-state index contributed by atoms with van der Waals surface area (Å²) in [6.45, 7) is 0. The van der Waals surface area contributed by atoms with Crippen molar-refractivity contribution in [2.75, 3.05) is 12.8 Å². The molecule has 0 saturated heterocycles. The largest absolute Gasteiger partial charge is 0.463 e. The summed E-state index contributed by atoms with van der Waals surface area (Å²) >= 11 is 0. The van der Waals surface area contributed by atoms with Crippen LogP contribution >= 0.6 is 0 Å². The van der Waals surface area contributed by atoms with Gasteiger partial charge in [-0.05, 0) is 17.3 Å². The van der Waals surface area contributed by atoms with Gasteiger partial charge >= 0.3 is 5.97 Å². The minimum atomic E-state index is -0.530. The van der Waals surface area contributed by atoms with Crippen molar-refractivity contribution in [2.24, 2.45) is 0 Å². The van der Waals surface area contributed by atoms with Crippen molar-refractivity contribution in [1.82, 2.24) is 10.3 Å². The van der Waals surface area contributed by atoms with Gasteiger partial charge in [0.15, 0.2) is 5.82 Å². The van der Waals surface area contributed by atoms with E-state index in [-0.39, 0.29) is 11.6 Å². The maximum Gasteiger partial charge on any atom is 0.373 e. The summed E-state index contributed by atoms with van der Waals surface area (Å²) in [5, 5.41) is 7.03. The SMILES string of the molecule is COC(=O)c1ccc(Cc2nonc2N)o1. The van der Waals surface area contributed by atoms with E-state index in [1.807, 2.05) is 0 Å². The fraction of sp³-hybridized carbons (Fsp3) is 0.222. The summed E-state index contributed by atoms with van der Waals surface area (Å²) in [4.78, 5) is 11.1. The molecule has 0 unspecified atom stereocenters. The summed E-state index contributed by atoms with van der Waals surface area (Å²) in [5.74, 6) is 0.337. The van der Waals surface area contributed by atoms with Crippen LogP contribution in [-0.2, 0) is 11.2 Å². The summed E-state index contributed by atoms with van der Waals surface area (Å²) in [6, 6.07) is 3.16. The first-order chi connectivity index (χ1) is 7.70. The molecule has 0 aliphatic carbocycles. The monoisotopic (exact) mass is 223 g/mol. The second-order valence-corrected chi connectivity index (χ2v) is 3.03. The smallest absolute Gasteiger partial charge is 0.373 e. The Morgan fingerprint density at radius 3 is 2.94 bits per heavy atom. The average molecular weight is 223 g/mol. The van der Waals surface area contributed by atoms with Crippen LogP contribution in [0.25, 0.3) is 0 Å². The number of hydrogen-bond acceptors (Lipinski definition) is 7. The van der Waals surface area contributed by atoms with Crippen LogP contribution in [0, 0.1) is 0 Å². The predicted molar refractivity (Wildman–Crippen MR) is 51.6 cm³/mol. The van der Waals surface area contributed by atoms with Crippen molar-refractivity contribution in [2.45, 2.75) is 6.42 Å². The number of hydrogen-bond donors (Lipinski definition) is 1. The van der Waals surface area contributed by atoms with Crippen molar-refractivity contribution in [3.63, 3.8) is 0 Å². The number of nitrogens with two attached hydrogens (primary N) is 1. The molecule has 7 nitrogen and oxygen atoms in total. The van der Waals surface area contributed by atoms with E-state index in [1.54, 1.807) is 6.07 Å². The number of nitrogen functional groups attached to an aromatic ring is 1. The summed E-state index contributed by atoms with van der Waals surface area (Å²) in [7, 11) is 1.28. The van der Waals surface area contributed by atoms with Crippen LogP contribution < -0.4 is 5.73 Å². The van der Waals surface area contributed by atoms with Gasteiger partial charge in [-0.15, -0.1) is 0 Å². The van der Waals surface area contributed by atoms with Gasteiger partial charge in [-0.2, -0.15) is 0 Å². The molecule has 0 aliphatic heterocycles. The lowest BCUT2D eigenvalue weighted by Gasteiger charge is -1.94. The van der Waals surface area contributed by atoms with E-state index in [4.69, 9.17) is 10.2 Å². The Hall–Kier alpha value is -2.31. The molecular formula is C9H9N3O4. The Kier molecular flexibility index (Phi) is 2.59. The lowest BCUT2D eigenvalue weighted by molar-refractivity contribution is 0.0563. The third-order valence-corrected chi connectivity index (χ3v) is 1.98. The Labute approximate surface area is 90.1 Å². The number of carbonyl (C=O) groups excluding carboxylic acids is 1. The molecule has 2 N–H and O–H groups in total. The van der Waals surface area contributed by atoms with Crippen LogP contribution in [0.1, 0.15) is 22.0 Å². The normalized spacial score (nSPS) is 10.3. The highest BCUT2D eigenvalue weighted by Crippen LogP contribution is 2.15. The van der Waals surface area contributed by atoms with Crippen LogP contribution in [0.5, 0.6) is 0 Å². The lowest BCUT2D eigenvalue weighted by atomic mass is 10.2. The first-order valence-corrected chi connectivity index (χ1v) is 4.44. The second kappa shape index (κ2) is 4.05. The summed E-state index contributed by atoms with van der Waals surface area (Å²) in [6.07, 6.45) is 0.312. The van der Waals surface area contributed by atoms with E-state index in [1.165, 1.54) is 13.2 Å². The number of anilines is 1.